The van der Waals surface area contributed by atoms with E-state index in [0.29, 0.717) is 43.3 Å². The van der Waals surface area contributed by atoms with Gasteiger partial charge in [-0.2, -0.15) is 0 Å². The lowest BCUT2D eigenvalue weighted by atomic mass is 9.99. The third kappa shape index (κ3) is 7.92. The molecular formula is C30H41NO9. The van der Waals surface area contributed by atoms with Gasteiger partial charge in [0.25, 0.3) is 0 Å². The smallest absolute Gasteiger partial charge is 0.342 e. The molecule has 4 atom stereocenters. The van der Waals surface area contributed by atoms with Gasteiger partial charge in [-0.25, -0.2) is 4.79 Å². The van der Waals surface area contributed by atoms with Crippen molar-refractivity contribution in [2.75, 3.05) is 53.4 Å². The van der Waals surface area contributed by atoms with Gasteiger partial charge in [-0.05, 0) is 44.9 Å². The van der Waals surface area contributed by atoms with Crippen LogP contribution in [0.2, 0.25) is 0 Å². The molecule has 220 valence electrons. The van der Waals surface area contributed by atoms with Crippen molar-refractivity contribution in [2.45, 2.75) is 58.2 Å². The number of morpholine rings is 1. The molecule has 2 fully saturated rings. The first-order valence-electron chi connectivity index (χ1n) is 13.8. The summed E-state index contributed by atoms with van der Waals surface area (Å²) in [6.45, 7) is 11.6. The number of methoxy groups -OCH3 is 1. The molecule has 2 saturated heterocycles. The summed E-state index contributed by atoms with van der Waals surface area (Å²) in [5.41, 5.74) is 0.832. The summed E-state index contributed by atoms with van der Waals surface area (Å²) in [4.78, 5) is 28.8. The number of esters is 1. The van der Waals surface area contributed by atoms with Crippen LogP contribution in [0.5, 0.6) is 11.5 Å². The highest BCUT2D eigenvalue weighted by Crippen LogP contribution is 2.34. The van der Waals surface area contributed by atoms with Gasteiger partial charge in [0.2, 0.25) is 0 Å². The SMILES string of the molecule is COCOc1cc(OCCN2CCOCC2)cc2c1C(=O)O[C@@H](C)C(C)/C=C\C(=O)[C@H]1OC(C)(C)O[C@H]1C/C=C/2. The highest BCUT2D eigenvalue weighted by atomic mass is 16.8. The van der Waals surface area contributed by atoms with Gasteiger partial charge in [0, 0.05) is 38.7 Å². The van der Waals surface area contributed by atoms with Crippen LogP contribution in [0.25, 0.3) is 6.08 Å². The Balaban J connectivity index is 1.66. The van der Waals surface area contributed by atoms with E-state index in [9.17, 15) is 9.59 Å². The Morgan fingerprint density at radius 2 is 1.82 bits per heavy atom. The summed E-state index contributed by atoms with van der Waals surface area (Å²) in [5.74, 6) is -0.990. The fourth-order valence-corrected chi connectivity index (χ4v) is 4.81. The molecular weight excluding hydrogens is 518 g/mol. The number of carbonyl (C=O) groups excluding carboxylic acids is 2. The van der Waals surface area contributed by atoms with Crippen molar-refractivity contribution in [3.8, 4) is 11.5 Å². The molecule has 1 unspecified atom stereocenters. The van der Waals surface area contributed by atoms with Crippen LogP contribution in [0.15, 0.2) is 30.4 Å². The van der Waals surface area contributed by atoms with Crippen LogP contribution in [-0.2, 0) is 28.5 Å². The summed E-state index contributed by atoms with van der Waals surface area (Å²) < 4.78 is 40.3. The van der Waals surface area contributed by atoms with E-state index < -0.39 is 30.1 Å². The van der Waals surface area contributed by atoms with E-state index in [1.807, 2.05) is 13.0 Å². The van der Waals surface area contributed by atoms with Crippen LogP contribution in [0, 0.1) is 5.92 Å². The number of ether oxygens (including phenoxy) is 7. The van der Waals surface area contributed by atoms with Crippen molar-refractivity contribution in [1.82, 2.24) is 4.90 Å². The predicted molar refractivity (Wildman–Crippen MR) is 147 cm³/mol. The molecule has 0 aromatic heterocycles. The summed E-state index contributed by atoms with van der Waals surface area (Å²) >= 11 is 0. The van der Waals surface area contributed by atoms with Gasteiger partial charge in [0.05, 0.1) is 19.3 Å². The van der Waals surface area contributed by atoms with E-state index in [4.69, 9.17) is 33.2 Å². The number of benzene rings is 1. The maximum atomic E-state index is 13.5. The van der Waals surface area contributed by atoms with E-state index in [-0.39, 0.29) is 24.1 Å². The van der Waals surface area contributed by atoms with Crippen LogP contribution in [0.4, 0.5) is 0 Å². The van der Waals surface area contributed by atoms with Crippen LogP contribution in [-0.4, -0.2) is 94.1 Å². The Kier molecular flexibility index (Phi) is 10.4. The number of ketones is 1. The third-order valence-electron chi connectivity index (χ3n) is 7.15. The van der Waals surface area contributed by atoms with E-state index in [0.717, 1.165) is 19.6 Å². The zero-order valence-corrected chi connectivity index (χ0v) is 24.1. The van der Waals surface area contributed by atoms with Crippen molar-refractivity contribution in [1.29, 1.82) is 0 Å². The van der Waals surface area contributed by atoms with Crippen LogP contribution in [0.3, 0.4) is 0 Å². The Hall–Kier alpha value is -2.76. The second-order valence-corrected chi connectivity index (χ2v) is 10.7. The lowest BCUT2D eigenvalue weighted by Crippen LogP contribution is -2.38. The topological polar surface area (TPSA) is 102 Å². The first-order chi connectivity index (χ1) is 19.2. The molecule has 4 rings (SSSR count). The standard InChI is InChI=1S/C30H41NO9/c1-20-9-10-24(32)28-25(39-30(3,4)40-28)8-6-7-22-17-23(36-16-13-31-11-14-35-15-12-31)18-26(37-19-34-5)27(22)29(33)38-21(20)2/h6-7,9-10,17-18,20-21,25,28H,8,11-16,19H2,1-5H3/b7-6+,10-9-/t20?,21-,25-,28+/m0/s1. The zero-order valence-electron chi connectivity index (χ0n) is 24.1. The number of carbonyl (C=O) groups is 2. The van der Waals surface area contributed by atoms with E-state index in [1.54, 1.807) is 45.1 Å². The average Bonchev–Trinajstić information content (AvgIpc) is 3.24. The van der Waals surface area contributed by atoms with Crippen molar-refractivity contribution in [3.63, 3.8) is 0 Å². The van der Waals surface area contributed by atoms with Crippen molar-refractivity contribution < 1.29 is 42.7 Å². The molecule has 3 aliphatic rings. The lowest BCUT2D eigenvalue weighted by molar-refractivity contribution is -0.152. The third-order valence-corrected chi connectivity index (χ3v) is 7.15. The largest absolute Gasteiger partial charge is 0.492 e. The molecule has 0 amide bonds. The Morgan fingerprint density at radius 1 is 1.05 bits per heavy atom. The van der Waals surface area contributed by atoms with Crippen LogP contribution < -0.4 is 9.47 Å². The van der Waals surface area contributed by atoms with Gasteiger partial charge < -0.3 is 33.2 Å². The molecule has 0 bridgehead atoms. The number of cyclic esters (lactones) is 1. The Labute approximate surface area is 236 Å². The second kappa shape index (κ2) is 13.7. The molecule has 0 saturated carbocycles. The van der Waals surface area contributed by atoms with Gasteiger partial charge in [0.1, 0.15) is 35.9 Å². The molecule has 40 heavy (non-hydrogen) atoms. The minimum Gasteiger partial charge on any atom is -0.492 e. The highest BCUT2D eigenvalue weighted by Gasteiger charge is 2.43. The van der Waals surface area contributed by atoms with Gasteiger partial charge in [-0.15, -0.1) is 0 Å². The molecule has 0 spiro atoms. The van der Waals surface area contributed by atoms with Crippen LogP contribution >= 0.6 is 0 Å². The normalized spacial score (nSPS) is 29.0. The van der Waals surface area contributed by atoms with Gasteiger partial charge in [-0.3, -0.25) is 9.69 Å². The van der Waals surface area contributed by atoms with E-state index in [1.165, 1.54) is 13.2 Å². The fourth-order valence-electron chi connectivity index (χ4n) is 4.81. The van der Waals surface area contributed by atoms with Gasteiger partial charge in [0.15, 0.2) is 18.4 Å². The predicted octanol–water partition coefficient (Wildman–Crippen LogP) is 3.62. The molecule has 0 radical (unpaired) electrons. The highest BCUT2D eigenvalue weighted by molar-refractivity contribution is 5.97. The molecule has 1 aromatic carbocycles. The first-order valence-corrected chi connectivity index (χ1v) is 13.8. The maximum absolute atomic E-state index is 13.5. The molecule has 10 nitrogen and oxygen atoms in total. The fraction of sp³-hybridized carbons (Fsp3) is 0.600. The summed E-state index contributed by atoms with van der Waals surface area (Å²) in [5, 5.41) is 0. The number of hydrogen-bond donors (Lipinski definition) is 0. The monoisotopic (exact) mass is 559 g/mol. The number of nitrogens with zero attached hydrogens (tertiary/aromatic N) is 1. The molecule has 1 aromatic rings. The number of fused-ring (bicyclic) bond motifs is 2. The number of hydrogen-bond acceptors (Lipinski definition) is 10. The van der Waals surface area contributed by atoms with Crippen molar-refractivity contribution >= 4 is 17.8 Å². The van der Waals surface area contributed by atoms with Crippen molar-refractivity contribution in [2.24, 2.45) is 5.92 Å². The Morgan fingerprint density at radius 3 is 2.58 bits per heavy atom. The lowest BCUT2D eigenvalue weighted by Gasteiger charge is -2.26. The quantitative estimate of drug-likeness (QED) is 0.364. The summed E-state index contributed by atoms with van der Waals surface area (Å²) in [6, 6.07) is 3.49. The zero-order chi connectivity index (χ0) is 28.7. The van der Waals surface area contributed by atoms with Crippen LogP contribution in [0.1, 0.15) is 50.0 Å². The second-order valence-electron chi connectivity index (χ2n) is 10.7. The number of rotatable bonds is 7. The molecule has 3 heterocycles. The molecule has 0 N–H and O–H groups in total. The Bertz CT molecular complexity index is 1090. The molecule has 0 aliphatic carbocycles. The van der Waals surface area contributed by atoms with Gasteiger partial charge >= 0.3 is 5.97 Å². The van der Waals surface area contributed by atoms with Gasteiger partial charge in [-0.1, -0.05) is 25.2 Å². The first kappa shape index (κ1) is 30.2. The van der Waals surface area contributed by atoms with Crippen molar-refractivity contribution in [3.05, 3.63) is 41.5 Å². The molecule has 10 heteroatoms. The maximum Gasteiger partial charge on any atom is 0.342 e. The van der Waals surface area contributed by atoms with E-state index in [2.05, 4.69) is 4.90 Å². The summed E-state index contributed by atoms with van der Waals surface area (Å²) in [6.07, 6.45) is 5.56. The molecule has 3 aliphatic heterocycles. The minimum absolute atomic E-state index is 0.0541. The van der Waals surface area contributed by atoms with E-state index >= 15 is 0 Å². The summed E-state index contributed by atoms with van der Waals surface area (Å²) in [7, 11) is 1.51. The minimum atomic E-state index is -0.890. The average molecular weight is 560 g/mol.